The van der Waals surface area contributed by atoms with E-state index in [1.807, 2.05) is 0 Å². The monoisotopic (exact) mass is 255 g/mol. The topological polar surface area (TPSA) is 104 Å². The lowest BCUT2D eigenvalue weighted by Crippen LogP contribution is -2.45. The van der Waals surface area contributed by atoms with Gasteiger partial charge in [0, 0.05) is 10.9 Å². The number of nitrogens with two attached hydrogens (primary N) is 1. The Morgan fingerprint density at radius 1 is 1.05 bits per heavy atom. The van der Waals surface area contributed by atoms with E-state index in [4.69, 9.17) is 5.84 Å². The highest BCUT2D eigenvalue weighted by Gasteiger charge is 2.31. The fourth-order valence-electron chi connectivity index (χ4n) is 2.29. The van der Waals surface area contributed by atoms with Crippen molar-refractivity contribution in [2.45, 2.75) is 0 Å². The lowest BCUT2D eigenvalue weighted by Gasteiger charge is -2.24. The predicted octanol–water partition coefficient (Wildman–Crippen LogP) is -0.327. The molecule has 2 aromatic rings. The van der Waals surface area contributed by atoms with Crippen LogP contribution in [0.5, 0.6) is 0 Å². The summed E-state index contributed by atoms with van der Waals surface area (Å²) in [5, 5.41) is 12.2. The Balaban J connectivity index is 2.51. The number of hydrazine groups is 1. The van der Waals surface area contributed by atoms with E-state index < -0.39 is 17.8 Å². The molecule has 0 aliphatic carbocycles. The first-order chi connectivity index (χ1) is 9.02. The second-order valence-electron chi connectivity index (χ2n) is 4.16. The molecule has 19 heavy (non-hydrogen) atoms. The van der Waals surface area contributed by atoms with Crippen molar-refractivity contribution in [1.82, 2.24) is 5.01 Å². The second kappa shape index (κ2) is 3.63. The molecule has 0 saturated carbocycles. The average Bonchev–Trinajstić information content (AvgIpc) is 2.41. The third kappa shape index (κ3) is 1.37. The number of imide groups is 1. The van der Waals surface area contributed by atoms with Gasteiger partial charge in [-0.2, -0.15) is 0 Å². The van der Waals surface area contributed by atoms with Crippen molar-refractivity contribution in [2.75, 3.05) is 0 Å². The summed E-state index contributed by atoms with van der Waals surface area (Å²) in [5.41, 5.74) is 0.349. The van der Waals surface area contributed by atoms with Crippen molar-refractivity contribution in [2.24, 2.45) is 5.84 Å². The third-order valence-electron chi connectivity index (χ3n) is 3.16. The van der Waals surface area contributed by atoms with Crippen LogP contribution in [0, 0.1) is 0 Å². The fraction of sp³-hybridized carbons (Fsp3) is 0. The van der Waals surface area contributed by atoms with Gasteiger partial charge < -0.3 is 9.90 Å². The fourth-order valence-corrected chi connectivity index (χ4v) is 2.29. The summed E-state index contributed by atoms with van der Waals surface area (Å²) in [6.45, 7) is 0. The van der Waals surface area contributed by atoms with Crippen LogP contribution in [0.25, 0.3) is 10.8 Å². The average molecular weight is 255 g/mol. The van der Waals surface area contributed by atoms with Gasteiger partial charge >= 0.3 is 0 Å². The molecule has 94 valence electrons. The maximum absolute atomic E-state index is 11.9. The smallest absolute Gasteiger partial charge is 0.275 e. The first-order valence-electron chi connectivity index (χ1n) is 5.43. The highest BCUT2D eigenvalue weighted by molar-refractivity contribution is 6.26. The Labute approximate surface area is 107 Å². The summed E-state index contributed by atoms with van der Waals surface area (Å²) in [4.78, 5) is 34.9. The van der Waals surface area contributed by atoms with Gasteiger partial charge in [0.1, 0.15) is 0 Å². The summed E-state index contributed by atoms with van der Waals surface area (Å²) in [6.07, 6.45) is 0. The van der Waals surface area contributed by atoms with Crippen molar-refractivity contribution < 1.29 is 19.5 Å². The van der Waals surface area contributed by atoms with Crippen LogP contribution in [0.15, 0.2) is 30.3 Å². The molecular formula is C13H7N2O4-. The van der Waals surface area contributed by atoms with Crippen LogP contribution in [0.4, 0.5) is 0 Å². The number of amides is 2. The molecule has 6 heteroatoms. The van der Waals surface area contributed by atoms with Crippen LogP contribution in [0.2, 0.25) is 0 Å². The number of hydrogen-bond acceptors (Lipinski definition) is 5. The summed E-state index contributed by atoms with van der Waals surface area (Å²) in [7, 11) is 0. The highest BCUT2D eigenvalue weighted by Crippen LogP contribution is 2.30. The number of nitrogens with zero attached hydrogens (tertiary/aromatic N) is 1. The molecule has 0 radical (unpaired) electrons. The molecule has 0 spiro atoms. The molecule has 1 aliphatic heterocycles. The summed E-state index contributed by atoms with van der Waals surface area (Å²) >= 11 is 0. The Bertz CT molecular complexity index is 744. The zero-order valence-corrected chi connectivity index (χ0v) is 9.54. The lowest BCUT2D eigenvalue weighted by atomic mass is 9.92. The van der Waals surface area contributed by atoms with Crippen molar-refractivity contribution in [3.63, 3.8) is 0 Å². The van der Waals surface area contributed by atoms with E-state index in [1.165, 1.54) is 30.3 Å². The minimum Gasteiger partial charge on any atom is -0.545 e. The highest BCUT2D eigenvalue weighted by atomic mass is 16.4. The lowest BCUT2D eigenvalue weighted by molar-refractivity contribution is -0.254. The zero-order valence-electron chi connectivity index (χ0n) is 9.54. The molecule has 0 bridgehead atoms. The van der Waals surface area contributed by atoms with E-state index in [9.17, 15) is 19.5 Å². The van der Waals surface area contributed by atoms with Gasteiger partial charge in [0.25, 0.3) is 11.8 Å². The number of aromatic carboxylic acids is 1. The largest absolute Gasteiger partial charge is 0.545 e. The molecule has 2 N–H and O–H groups in total. The number of carboxylic acids is 1. The number of carbonyl (C=O) groups is 3. The van der Waals surface area contributed by atoms with Gasteiger partial charge in [0.2, 0.25) is 0 Å². The molecule has 0 atom stereocenters. The van der Waals surface area contributed by atoms with Crippen molar-refractivity contribution in [3.05, 3.63) is 47.0 Å². The summed E-state index contributed by atoms with van der Waals surface area (Å²) < 4.78 is 0. The van der Waals surface area contributed by atoms with E-state index in [0.29, 0.717) is 15.8 Å². The molecule has 1 aliphatic rings. The molecule has 6 nitrogen and oxygen atoms in total. The number of carbonyl (C=O) groups excluding carboxylic acids is 3. The summed E-state index contributed by atoms with van der Waals surface area (Å²) in [6, 6.07) is 7.18. The molecule has 0 unspecified atom stereocenters. The van der Waals surface area contributed by atoms with Crippen LogP contribution < -0.4 is 10.9 Å². The van der Waals surface area contributed by atoms with Crippen LogP contribution >= 0.6 is 0 Å². The van der Waals surface area contributed by atoms with Crippen LogP contribution in [0.3, 0.4) is 0 Å². The van der Waals surface area contributed by atoms with E-state index in [2.05, 4.69) is 0 Å². The molecule has 0 fully saturated rings. The molecule has 2 aromatic carbocycles. The van der Waals surface area contributed by atoms with Gasteiger partial charge in [0.15, 0.2) is 0 Å². The third-order valence-corrected chi connectivity index (χ3v) is 3.16. The van der Waals surface area contributed by atoms with Crippen molar-refractivity contribution in [1.29, 1.82) is 0 Å². The SMILES string of the molecule is NN1C(=O)c2cccc3c(C(=O)[O-])ccc(c23)C1=O. The molecule has 1 heterocycles. The van der Waals surface area contributed by atoms with E-state index in [-0.39, 0.29) is 16.7 Å². The minimum atomic E-state index is -1.36. The molecule has 0 aromatic heterocycles. The van der Waals surface area contributed by atoms with E-state index in [1.54, 1.807) is 0 Å². The molecule has 2 amide bonds. The zero-order chi connectivity index (χ0) is 13.7. The van der Waals surface area contributed by atoms with Gasteiger partial charge in [-0.1, -0.05) is 18.2 Å². The standard InChI is InChI=1S/C13H8N2O4/c14-15-11(16)8-3-1-2-6-7(13(18)19)4-5-9(10(6)8)12(15)17/h1-5H,14H2,(H,18,19)/p-1. The maximum atomic E-state index is 11.9. The second-order valence-corrected chi connectivity index (χ2v) is 4.16. The van der Waals surface area contributed by atoms with E-state index in [0.717, 1.165) is 0 Å². The summed E-state index contributed by atoms with van der Waals surface area (Å²) in [5.74, 6) is 2.74. The Hall–Kier alpha value is -2.73. The van der Waals surface area contributed by atoms with Crippen LogP contribution in [0.1, 0.15) is 31.1 Å². The van der Waals surface area contributed by atoms with Gasteiger partial charge in [-0.15, -0.1) is 0 Å². The quantitative estimate of drug-likeness (QED) is 0.427. The van der Waals surface area contributed by atoms with Crippen LogP contribution in [-0.4, -0.2) is 22.8 Å². The van der Waals surface area contributed by atoms with Gasteiger partial charge in [-0.3, -0.25) is 9.59 Å². The molecular weight excluding hydrogens is 248 g/mol. The van der Waals surface area contributed by atoms with Crippen molar-refractivity contribution >= 4 is 28.6 Å². The first kappa shape index (κ1) is 11.4. The Morgan fingerprint density at radius 3 is 2.32 bits per heavy atom. The predicted molar refractivity (Wildman–Crippen MR) is 63.0 cm³/mol. The maximum Gasteiger partial charge on any atom is 0.275 e. The minimum absolute atomic E-state index is 0.0633. The molecule has 0 saturated heterocycles. The Morgan fingerprint density at radius 2 is 1.68 bits per heavy atom. The Kier molecular flexibility index (Phi) is 2.17. The van der Waals surface area contributed by atoms with E-state index >= 15 is 0 Å². The van der Waals surface area contributed by atoms with Gasteiger partial charge in [0.05, 0.1) is 17.1 Å². The number of benzene rings is 2. The number of rotatable bonds is 1. The number of carboxylic acid groups (broad SMARTS) is 1. The first-order valence-corrected chi connectivity index (χ1v) is 5.43. The van der Waals surface area contributed by atoms with Gasteiger partial charge in [-0.05, 0) is 17.5 Å². The number of hydrogen-bond donors (Lipinski definition) is 1. The van der Waals surface area contributed by atoms with Crippen LogP contribution in [-0.2, 0) is 0 Å². The van der Waals surface area contributed by atoms with Crippen molar-refractivity contribution in [3.8, 4) is 0 Å². The molecule has 3 rings (SSSR count). The normalized spacial score (nSPS) is 14.1. The van der Waals surface area contributed by atoms with Gasteiger partial charge in [-0.25, -0.2) is 10.9 Å².